The van der Waals surface area contributed by atoms with Crippen molar-refractivity contribution in [2.45, 2.75) is 45.1 Å². The molecule has 2 fully saturated rings. The summed E-state index contributed by atoms with van der Waals surface area (Å²) in [6.45, 7) is 2.32. The Bertz CT molecular complexity index is 432. The highest BCUT2D eigenvalue weighted by molar-refractivity contribution is 7.87. The molecule has 1 atom stereocenters. The second-order valence-corrected chi connectivity index (χ2v) is 7.02. The summed E-state index contributed by atoms with van der Waals surface area (Å²) in [5.74, 6) is -0.881. The van der Waals surface area contributed by atoms with Gasteiger partial charge in [0.05, 0.1) is 5.41 Å². The van der Waals surface area contributed by atoms with Crippen LogP contribution in [0.4, 0.5) is 0 Å². The second-order valence-electron chi connectivity index (χ2n) is 5.32. The lowest BCUT2D eigenvalue weighted by Crippen LogP contribution is -2.43. The normalized spacial score (nSPS) is 29.6. The van der Waals surface area contributed by atoms with Crippen LogP contribution in [0.15, 0.2) is 0 Å². The molecule has 0 aromatic rings. The van der Waals surface area contributed by atoms with Crippen LogP contribution in [0.2, 0.25) is 0 Å². The molecule has 2 N–H and O–H groups in total. The number of carboxylic acid groups (broad SMARTS) is 1. The molecule has 1 saturated carbocycles. The van der Waals surface area contributed by atoms with Crippen molar-refractivity contribution in [1.29, 1.82) is 0 Å². The van der Waals surface area contributed by atoms with Gasteiger partial charge in [-0.2, -0.15) is 17.4 Å². The summed E-state index contributed by atoms with van der Waals surface area (Å²) < 4.78 is 27.9. The van der Waals surface area contributed by atoms with Gasteiger partial charge in [0.1, 0.15) is 0 Å². The van der Waals surface area contributed by atoms with Crippen molar-refractivity contribution in [3.05, 3.63) is 0 Å². The molecule has 0 spiro atoms. The molecule has 7 heteroatoms. The molecule has 6 nitrogen and oxygen atoms in total. The lowest BCUT2D eigenvalue weighted by molar-refractivity contribution is -0.148. The van der Waals surface area contributed by atoms with Crippen LogP contribution in [-0.2, 0) is 15.0 Å². The second kappa shape index (κ2) is 4.79. The maximum Gasteiger partial charge on any atom is 0.311 e. The van der Waals surface area contributed by atoms with E-state index >= 15 is 0 Å². The Hall–Kier alpha value is -0.660. The quantitative estimate of drug-likeness (QED) is 0.742. The highest BCUT2D eigenvalue weighted by atomic mass is 32.2. The van der Waals surface area contributed by atoms with Crippen LogP contribution < -0.4 is 4.72 Å². The standard InChI is InChI=1S/C11H20N2O4S/c1-2-5-11(10(14)15)6-7-13(8-11)18(16,17)12-9-3-4-9/h9,12H,2-8H2,1H3,(H,14,15). The zero-order chi connectivity index (χ0) is 13.4. The highest BCUT2D eigenvalue weighted by Gasteiger charge is 2.48. The Labute approximate surface area is 108 Å². The molecule has 18 heavy (non-hydrogen) atoms. The predicted octanol–water partition coefficient (Wildman–Crippen LogP) is 0.560. The summed E-state index contributed by atoms with van der Waals surface area (Å²) in [6, 6.07) is 0.0565. The van der Waals surface area contributed by atoms with Crippen molar-refractivity contribution in [1.82, 2.24) is 9.03 Å². The largest absolute Gasteiger partial charge is 0.481 e. The molecule has 1 heterocycles. The van der Waals surface area contributed by atoms with Gasteiger partial charge in [-0.3, -0.25) is 4.79 Å². The fourth-order valence-corrected chi connectivity index (χ4v) is 4.04. The lowest BCUT2D eigenvalue weighted by atomic mass is 9.83. The molecule has 104 valence electrons. The minimum absolute atomic E-state index is 0.0565. The first kappa shape index (κ1) is 13.8. The fourth-order valence-electron chi connectivity index (χ4n) is 2.49. The number of aliphatic carboxylic acids is 1. The fraction of sp³-hybridized carbons (Fsp3) is 0.909. The van der Waals surface area contributed by atoms with Gasteiger partial charge in [-0.1, -0.05) is 13.3 Å². The van der Waals surface area contributed by atoms with Crippen molar-refractivity contribution >= 4 is 16.2 Å². The molecule has 0 aromatic carbocycles. The third-order valence-corrected chi connectivity index (χ3v) is 5.36. The molecule has 1 unspecified atom stereocenters. The van der Waals surface area contributed by atoms with Crippen molar-refractivity contribution in [2.75, 3.05) is 13.1 Å². The molecule has 0 bridgehead atoms. The van der Waals surface area contributed by atoms with Gasteiger partial charge < -0.3 is 5.11 Å². The van der Waals surface area contributed by atoms with Crippen molar-refractivity contribution in [3.63, 3.8) is 0 Å². The first-order valence-corrected chi connectivity index (χ1v) is 7.84. The van der Waals surface area contributed by atoms with E-state index in [2.05, 4.69) is 4.72 Å². The Morgan fingerprint density at radius 3 is 2.67 bits per heavy atom. The van der Waals surface area contributed by atoms with Crippen LogP contribution in [0.5, 0.6) is 0 Å². The Balaban J connectivity index is 2.07. The summed E-state index contributed by atoms with van der Waals surface area (Å²) in [7, 11) is -3.50. The number of hydrogen-bond donors (Lipinski definition) is 2. The third kappa shape index (κ3) is 2.67. The van der Waals surface area contributed by atoms with Crippen LogP contribution in [0.3, 0.4) is 0 Å². The monoisotopic (exact) mass is 276 g/mol. The minimum Gasteiger partial charge on any atom is -0.481 e. The third-order valence-electron chi connectivity index (χ3n) is 3.73. The molecule has 0 aromatic heterocycles. The van der Waals surface area contributed by atoms with E-state index in [0.717, 1.165) is 19.3 Å². The molecule has 1 aliphatic carbocycles. The number of rotatable bonds is 6. The predicted molar refractivity (Wildman–Crippen MR) is 66.2 cm³/mol. The summed E-state index contributed by atoms with van der Waals surface area (Å²) in [6.07, 6.45) is 3.44. The SMILES string of the molecule is CCCC1(C(=O)O)CCN(S(=O)(=O)NC2CC2)C1. The van der Waals surface area contributed by atoms with Gasteiger partial charge in [0.2, 0.25) is 0 Å². The van der Waals surface area contributed by atoms with E-state index in [4.69, 9.17) is 0 Å². The van der Waals surface area contributed by atoms with Gasteiger partial charge in [-0.05, 0) is 25.7 Å². The molecular formula is C11H20N2O4S. The van der Waals surface area contributed by atoms with E-state index in [9.17, 15) is 18.3 Å². The van der Waals surface area contributed by atoms with Gasteiger partial charge in [-0.25, -0.2) is 0 Å². The molecule has 2 aliphatic rings. The van der Waals surface area contributed by atoms with E-state index in [-0.39, 0.29) is 12.6 Å². The van der Waals surface area contributed by atoms with Crippen LogP contribution in [0.1, 0.15) is 39.0 Å². The summed E-state index contributed by atoms with van der Waals surface area (Å²) >= 11 is 0. The Kier molecular flexibility index (Phi) is 3.66. The number of hydrogen-bond acceptors (Lipinski definition) is 3. The molecular weight excluding hydrogens is 256 g/mol. The van der Waals surface area contributed by atoms with Gasteiger partial charge in [0.25, 0.3) is 10.2 Å². The maximum absolute atomic E-state index is 12.0. The zero-order valence-electron chi connectivity index (χ0n) is 10.6. The van der Waals surface area contributed by atoms with Crippen LogP contribution in [0, 0.1) is 5.41 Å². The van der Waals surface area contributed by atoms with Crippen LogP contribution in [0.25, 0.3) is 0 Å². The minimum atomic E-state index is -3.50. The average molecular weight is 276 g/mol. The molecule has 2 rings (SSSR count). The average Bonchev–Trinajstić information content (AvgIpc) is 2.95. The molecule has 0 radical (unpaired) electrons. The van der Waals surface area contributed by atoms with Crippen LogP contribution >= 0.6 is 0 Å². The molecule has 1 aliphatic heterocycles. The van der Waals surface area contributed by atoms with Crippen molar-refractivity contribution < 1.29 is 18.3 Å². The summed E-state index contributed by atoms with van der Waals surface area (Å²) in [5, 5.41) is 9.33. The van der Waals surface area contributed by atoms with Gasteiger partial charge >= 0.3 is 5.97 Å². The Morgan fingerprint density at radius 2 is 2.17 bits per heavy atom. The molecule has 0 amide bonds. The smallest absolute Gasteiger partial charge is 0.311 e. The number of carbonyl (C=O) groups is 1. The van der Waals surface area contributed by atoms with Crippen LogP contribution in [-0.4, -0.2) is 42.9 Å². The van der Waals surface area contributed by atoms with E-state index in [1.807, 2.05) is 6.92 Å². The van der Waals surface area contributed by atoms with E-state index in [1.165, 1.54) is 4.31 Å². The number of nitrogens with zero attached hydrogens (tertiary/aromatic N) is 1. The van der Waals surface area contributed by atoms with Gasteiger partial charge in [-0.15, -0.1) is 0 Å². The van der Waals surface area contributed by atoms with E-state index in [0.29, 0.717) is 19.4 Å². The molecule has 1 saturated heterocycles. The highest BCUT2D eigenvalue weighted by Crippen LogP contribution is 2.37. The van der Waals surface area contributed by atoms with Crippen molar-refractivity contribution in [2.24, 2.45) is 5.41 Å². The van der Waals surface area contributed by atoms with E-state index in [1.54, 1.807) is 0 Å². The number of nitrogens with one attached hydrogen (secondary N) is 1. The van der Waals surface area contributed by atoms with Gasteiger partial charge in [0, 0.05) is 19.1 Å². The maximum atomic E-state index is 12.0. The first-order chi connectivity index (χ1) is 8.39. The van der Waals surface area contributed by atoms with E-state index < -0.39 is 21.6 Å². The summed E-state index contributed by atoms with van der Waals surface area (Å²) in [5.41, 5.74) is -0.896. The summed E-state index contributed by atoms with van der Waals surface area (Å²) in [4.78, 5) is 11.4. The van der Waals surface area contributed by atoms with Gasteiger partial charge in [0.15, 0.2) is 0 Å². The number of carboxylic acids is 1. The zero-order valence-corrected chi connectivity index (χ0v) is 11.4. The lowest BCUT2D eigenvalue weighted by Gasteiger charge is -2.24. The topological polar surface area (TPSA) is 86.7 Å². The first-order valence-electron chi connectivity index (χ1n) is 6.40. The van der Waals surface area contributed by atoms with Crippen molar-refractivity contribution in [3.8, 4) is 0 Å². The Morgan fingerprint density at radius 1 is 1.50 bits per heavy atom.